The number of likely N-dealkylation sites (tertiary alicyclic amines) is 1. The van der Waals surface area contributed by atoms with Crippen LogP contribution < -0.4 is 10.6 Å². The first-order valence-electron chi connectivity index (χ1n) is 11.9. The van der Waals surface area contributed by atoms with Gasteiger partial charge in [-0.3, -0.25) is 9.69 Å². The molecule has 4 aromatic rings. The zero-order valence-corrected chi connectivity index (χ0v) is 19.2. The molecule has 9 nitrogen and oxygen atoms in total. The fraction of sp³-hybridized carbons (Fsp3) is 0.360. The van der Waals surface area contributed by atoms with Crippen molar-refractivity contribution in [1.29, 1.82) is 0 Å². The Morgan fingerprint density at radius 3 is 2.68 bits per heavy atom. The molecule has 34 heavy (non-hydrogen) atoms. The predicted molar refractivity (Wildman–Crippen MR) is 129 cm³/mol. The van der Waals surface area contributed by atoms with Gasteiger partial charge in [-0.2, -0.15) is 10.2 Å². The molecule has 174 valence electrons. The molecular formula is C25H28N8O. The van der Waals surface area contributed by atoms with Crippen LogP contribution in [0.3, 0.4) is 0 Å². The normalized spacial score (nSPS) is 17.7. The Hall–Kier alpha value is -3.56. The summed E-state index contributed by atoms with van der Waals surface area (Å²) in [5.41, 5.74) is 4.08. The Bertz CT molecular complexity index is 1310. The topological polar surface area (TPSA) is 92.4 Å². The maximum Gasteiger partial charge on any atom is 0.262 e. The molecule has 6 rings (SSSR count). The largest absolute Gasteiger partial charge is 0.314 e. The summed E-state index contributed by atoms with van der Waals surface area (Å²) in [6, 6.07) is 12.7. The summed E-state index contributed by atoms with van der Waals surface area (Å²) in [5, 5.41) is 15.7. The number of aryl methyl sites for hydroxylation is 1. The number of hydrogen-bond donors (Lipinski definition) is 2. The van der Waals surface area contributed by atoms with Gasteiger partial charge in [0.15, 0.2) is 5.65 Å². The Morgan fingerprint density at radius 2 is 1.94 bits per heavy atom. The molecule has 9 heteroatoms. The molecule has 0 unspecified atom stereocenters. The molecule has 3 aromatic heterocycles. The third-order valence-corrected chi connectivity index (χ3v) is 7.00. The van der Waals surface area contributed by atoms with Crippen molar-refractivity contribution >= 4 is 17.4 Å². The second kappa shape index (κ2) is 8.66. The highest BCUT2D eigenvalue weighted by Crippen LogP contribution is 2.31. The van der Waals surface area contributed by atoms with Crippen molar-refractivity contribution in [1.82, 2.24) is 34.6 Å². The first-order chi connectivity index (χ1) is 16.7. The second-order valence-corrected chi connectivity index (χ2v) is 9.22. The lowest BCUT2D eigenvalue weighted by Gasteiger charge is -2.41. The van der Waals surface area contributed by atoms with Gasteiger partial charge in [0.05, 0.1) is 17.6 Å². The van der Waals surface area contributed by atoms with Gasteiger partial charge in [0.25, 0.3) is 5.91 Å². The minimum atomic E-state index is -0.249. The van der Waals surface area contributed by atoms with Crippen LogP contribution in [-0.4, -0.2) is 67.4 Å². The Labute approximate surface area is 197 Å². The molecule has 2 aliphatic heterocycles. The molecule has 2 fully saturated rings. The highest BCUT2D eigenvalue weighted by molar-refractivity contribution is 6.07. The monoisotopic (exact) mass is 456 g/mol. The quantitative estimate of drug-likeness (QED) is 0.480. The van der Waals surface area contributed by atoms with E-state index >= 15 is 0 Å². The highest BCUT2D eigenvalue weighted by atomic mass is 16.1. The van der Waals surface area contributed by atoms with E-state index in [2.05, 4.69) is 44.7 Å². The van der Waals surface area contributed by atoms with Crippen LogP contribution in [-0.2, 0) is 0 Å². The second-order valence-electron chi connectivity index (χ2n) is 9.22. The maximum atomic E-state index is 13.2. The van der Waals surface area contributed by atoms with Crippen LogP contribution in [0.4, 0.5) is 5.82 Å². The van der Waals surface area contributed by atoms with Crippen molar-refractivity contribution < 1.29 is 4.79 Å². The van der Waals surface area contributed by atoms with E-state index in [0.717, 1.165) is 50.4 Å². The molecule has 0 saturated carbocycles. The highest BCUT2D eigenvalue weighted by Gasteiger charge is 2.30. The third-order valence-electron chi connectivity index (χ3n) is 7.00. The van der Waals surface area contributed by atoms with Crippen LogP contribution in [0.25, 0.3) is 11.3 Å². The van der Waals surface area contributed by atoms with Gasteiger partial charge < -0.3 is 10.6 Å². The molecule has 1 amide bonds. The van der Waals surface area contributed by atoms with Crippen LogP contribution in [0.15, 0.2) is 55.0 Å². The number of rotatable bonds is 5. The van der Waals surface area contributed by atoms with Gasteiger partial charge in [-0.25, -0.2) is 14.2 Å². The molecule has 0 bridgehead atoms. The number of amides is 1. The molecule has 1 aromatic carbocycles. The summed E-state index contributed by atoms with van der Waals surface area (Å²) in [6.45, 7) is 6.43. The Balaban J connectivity index is 1.29. The van der Waals surface area contributed by atoms with Crippen molar-refractivity contribution in [3.05, 3.63) is 71.8 Å². The summed E-state index contributed by atoms with van der Waals surface area (Å²) < 4.78 is 3.44. The van der Waals surface area contributed by atoms with Crippen LogP contribution in [0, 0.1) is 6.92 Å². The van der Waals surface area contributed by atoms with Gasteiger partial charge in [-0.05, 0) is 51.1 Å². The molecule has 0 aliphatic carbocycles. The molecule has 2 saturated heterocycles. The summed E-state index contributed by atoms with van der Waals surface area (Å²) in [6.07, 6.45) is 7.14. The zero-order chi connectivity index (χ0) is 23.1. The first-order valence-corrected chi connectivity index (χ1v) is 11.9. The minimum Gasteiger partial charge on any atom is -0.314 e. The van der Waals surface area contributed by atoms with Gasteiger partial charge in [-0.15, -0.1) is 0 Å². The summed E-state index contributed by atoms with van der Waals surface area (Å²) in [7, 11) is 0. The Morgan fingerprint density at radius 1 is 1.15 bits per heavy atom. The average Bonchev–Trinajstić information content (AvgIpc) is 3.44. The van der Waals surface area contributed by atoms with E-state index in [0.29, 0.717) is 29.0 Å². The number of fused-ring (bicyclic) bond motifs is 1. The number of nitrogens with one attached hydrogen (secondary N) is 2. The lowest BCUT2D eigenvalue weighted by atomic mass is 9.92. The van der Waals surface area contributed by atoms with Crippen LogP contribution >= 0.6 is 0 Å². The SMILES string of the molecule is Cc1ccc(-n2nc(C3CCN(C4CNC4)CC3)cc2NC(=O)c2cnn3cccnc23)cc1. The number of piperidine rings is 1. The number of carbonyl (C=O) groups is 1. The van der Waals surface area contributed by atoms with Crippen molar-refractivity contribution in [2.45, 2.75) is 31.7 Å². The van der Waals surface area contributed by atoms with E-state index < -0.39 is 0 Å². The zero-order valence-electron chi connectivity index (χ0n) is 19.2. The Kier molecular flexibility index (Phi) is 5.35. The fourth-order valence-electron chi connectivity index (χ4n) is 4.83. The van der Waals surface area contributed by atoms with Crippen molar-refractivity contribution in [2.24, 2.45) is 0 Å². The lowest BCUT2D eigenvalue weighted by molar-refractivity contribution is 0.102. The van der Waals surface area contributed by atoms with E-state index in [1.807, 2.05) is 22.9 Å². The van der Waals surface area contributed by atoms with E-state index in [1.54, 1.807) is 29.2 Å². The van der Waals surface area contributed by atoms with E-state index in [-0.39, 0.29) is 5.91 Å². The maximum absolute atomic E-state index is 13.2. The van der Waals surface area contributed by atoms with Gasteiger partial charge in [-0.1, -0.05) is 17.7 Å². The number of hydrogen-bond acceptors (Lipinski definition) is 6. The first kappa shape index (κ1) is 21.0. The minimum absolute atomic E-state index is 0.249. The summed E-state index contributed by atoms with van der Waals surface area (Å²) in [4.78, 5) is 20.1. The van der Waals surface area contributed by atoms with Crippen LogP contribution in [0.2, 0.25) is 0 Å². The van der Waals surface area contributed by atoms with Crippen molar-refractivity contribution in [3.63, 3.8) is 0 Å². The molecule has 0 atom stereocenters. The average molecular weight is 457 g/mol. The molecule has 0 radical (unpaired) electrons. The molecule has 2 N–H and O–H groups in total. The van der Waals surface area contributed by atoms with Gasteiger partial charge in [0.2, 0.25) is 0 Å². The molecule has 2 aliphatic rings. The summed E-state index contributed by atoms with van der Waals surface area (Å²) >= 11 is 0. The van der Waals surface area contributed by atoms with Gasteiger partial charge in [0, 0.05) is 43.5 Å². The molecule has 0 spiro atoms. The van der Waals surface area contributed by atoms with Crippen molar-refractivity contribution in [2.75, 3.05) is 31.5 Å². The van der Waals surface area contributed by atoms with Crippen LogP contribution in [0.5, 0.6) is 0 Å². The third kappa shape index (κ3) is 3.86. The van der Waals surface area contributed by atoms with E-state index in [4.69, 9.17) is 5.10 Å². The van der Waals surface area contributed by atoms with E-state index in [9.17, 15) is 4.79 Å². The number of benzene rings is 1. The van der Waals surface area contributed by atoms with Gasteiger partial charge >= 0.3 is 0 Å². The molecular weight excluding hydrogens is 428 g/mol. The number of anilines is 1. The van der Waals surface area contributed by atoms with Gasteiger partial charge in [0.1, 0.15) is 11.4 Å². The smallest absolute Gasteiger partial charge is 0.262 e. The van der Waals surface area contributed by atoms with Crippen molar-refractivity contribution in [3.8, 4) is 5.69 Å². The van der Waals surface area contributed by atoms with E-state index in [1.165, 1.54) is 5.56 Å². The summed E-state index contributed by atoms with van der Waals surface area (Å²) in [5.74, 6) is 0.788. The fourth-order valence-corrected chi connectivity index (χ4v) is 4.83. The number of carbonyl (C=O) groups excluding carboxylic acids is 1. The van der Waals surface area contributed by atoms with Crippen LogP contribution in [0.1, 0.15) is 40.4 Å². The lowest BCUT2D eigenvalue weighted by Crippen LogP contribution is -2.58. The predicted octanol–water partition coefficient (Wildman–Crippen LogP) is 2.63. The standard InChI is InChI=1S/C25H28N8O/c1-17-3-5-19(6-4-17)33-23(29-25(34)21-16-28-32-10-2-9-27-24(21)32)13-22(30-33)18-7-11-31(12-8-18)20-14-26-15-20/h2-6,9-10,13,16,18,20,26H,7-8,11-12,14-15H2,1H3,(H,29,34). The number of nitrogens with zero attached hydrogens (tertiary/aromatic N) is 6. The molecule has 5 heterocycles. The number of aromatic nitrogens is 5.